The minimum absolute atomic E-state index is 0.451. The van der Waals surface area contributed by atoms with Crippen molar-refractivity contribution in [1.29, 1.82) is 0 Å². The number of benzene rings is 1. The van der Waals surface area contributed by atoms with Gasteiger partial charge in [-0.2, -0.15) is 9.61 Å². The van der Waals surface area contributed by atoms with Crippen LogP contribution >= 0.6 is 0 Å². The second-order valence-corrected chi connectivity index (χ2v) is 9.39. The number of pyridine rings is 1. The predicted molar refractivity (Wildman–Crippen MR) is 127 cm³/mol. The van der Waals surface area contributed by atoms with E-state index in [1.165, 1.54) is 18.5 Å². The monoisotopic (exact) mass is 438 g/mol. The molecule has 1 aromatic carbocycles. The smallest absolute Gasteiger partial charge is 0.165 e. The summed E-state index contributed by atoms with van der Waals surface area (Å²) in [5.41, 5.74) is 7.34. The lowest BCUT2D eigenvalue weighted by Gasteiger charge is -2.31. The van der Waals surface area contributed by atoms with Crippen molar-refractivity contribution in [2.24, 2.45) is 0 Å². The molecule has 7 heteroatoms. The number of anilines is 1. The highest BCUT2D eigenvalue weighted by Crippen LogP contribution is 2.41. The van der Waals surface area contributed by atoms with E-state index in [2.05, 4.69) is 34.9 Å². The fraction of sp³-hybridized carbons (Fsp3) is 0.346. The lowest BCUT2D eigenvalue weighted by molar-refractivity contribution is 0.127. The van der Waals surface area contributed by atoms with Crippen LogP contribution in [0.1, 0.15) is 42.9 Å². The van der Waals surface area contributed by atoms with Crippen LogP contribution < -0.4 is 10.6 Å². The van der Waals surface area contributed by atoms with Crippen LogP contribution in [0.3, 0.4) is 0 Å². The molecule has 0 saturated carbocycles. The highest BCUT2D eigenvalue weighted by molar-refractivity contribution is 5.79. The molecule has 2 N–H and O–H groups in total. The lowest BCUT2D eigenvalue weighted by atomic mass is 9.87. The molecule has 0 amide bonds. The highest BCUT2D eigenvalue weighted by atomic mass is 16.5. The number of piperidine rings is 1. The molecule has 0 radical (unpaired) electrons. The van der Waals surface area contributed by atoms with E-state index in [0.717, 1.165) is 52.3 Å². The molecular weight excluding hydrogens is 412 g/mol. The Labute approximate surface area is 192 Å². The molecule has 4 aromatic rings. The second kappa shape index (κ2) is 7.64. The predicted octanol–water partition coefficient (Wildman–Crippen LogP) is 4.36. The Balaban J connectivity index is 1.33. The van der Waals surface area contributed by atoms with Gasteiger partial charge < -0.3 is 15.4 Å². The fourth-order valence-corrected chi connectivity index (χ4v) is 5.79. The Hall–Kier alpha value is -3.29. The van der Waals surface area contributed by atoms with Crippen LogP contribution in [0.25, 0.3) is 28.0 Å². The summed E-state index contributed by atoms with van der Waals surface area (Å²) >= 11 is 0. The third-order valence-corrected chi connectivity index (χ3v) is 7.37. The van der Waals surface area contributed by atoms with Gasteiger partial charge in [0.25, 0.3) is 0 Å². The third-order valence-electron chi connectivity index (χ3n) is 7.37. The number of nitrogens with zero attached hydrogens (tertiary/aromatic N) is 4. The summed E-state index contributed by atoms with van der Waals surface area (Å²) in [6.45, 7) is 1.08. The molecule has 3 aliphatic heterocycles. The zero-order valence-corrected chi connectivity index (χ0v) is 18.4. The normalized spacial score (nSPS) is 23.9. The number of hydrogen-bond acceptors (Lipinski definition) is 6. The third kappa shape index (κ3) is 3.22. The van der Waals surface area contributed by atoms with Crippen molar-refractivity contribution in [2.45, 2.75) is 50.3 Å². The molecule has 2 unspecified atom stereocenters. The van der Waals surface area contributed by atoms with E-state index in [-0.39, 0.29) is 0 Å². The zero-order chi connectivity index (χ0) is 21.8. The largest absolute Gasteiger partial charge is 0.356 e. The van der Waals surface area contributed by atoms with Gasteiger partial charge in [-0.1, -0.05) is 36.4 Å². The minimum atomic E-state index is 0.451. The maximum absolute atomic E-state index is 5.77. The van der Waals surface area contributed by atoms with Gasteiger partial charge in [0.1, 0.15) is 12.5 Å². The van der Waals surface area contributed by atoms with Crippen LogP contribution in [0.4, 0.5) is 5.82 Å². The Morgan fingerprint density at radius 1 is 0.939 bits per heavy atom. The van der Waals surface area contributed by atoms with E-state index < -0.39 is 0 Å². The quantitative estimate of drug-likeness (QED) is 0.495. The molecule has 166 valence electrons. The number of hydrogen-bond donors (Lipinski definition) is 2. The van der Waals surface area contributed by atoms with Crippen LogP contribution in [-0.2, 0) is 11.3 Å². The summed E-state index contributed by atoms with van der Waals surface area (Å²) in [5.74, 6) is 1.47. The molecule has 7 rings (SSSR count). The highest BCUT2D eigenvalue weighted by Gasteiger charge is 2.37. The first kappa shape index (κ1) is 19.2. The number of aromatic nitrogens is 4. The van der Waals surface area contributed by atoms with Gasteiger partial charge in [-0.25, -0.2) is 4.98 Å². The number of rotatable bonds is 3. The first-order chi connectivity index (χ1) is 16.3. The number of nitrogens with one attached hydrogen (secondary N) is 2. The van der Waals surface area contributed by atoms with Crippen molar-refractivity contribution in [3.05, 3.63) is 66.1 Å². The van der Waals surface area contributed by atoms with Crippen LogP contribution in [0.2, 0.25) is 0 Å². The molecule has 0 aliphatic carbocycles. The Morgan fingerprint density at radius 2 is 1.79 bits per heavy atom. The van der Waals surface area contributed by atoms with E-state index in [0.29, 0.717) is 31.3 Å². The first-order valence-corrected chi connectivity index (χ1v) is 11.8. The zero-order valence-electron chi connectivity index (χ0n) is 18.4. The molecule has 3 aliphatic rings. The summed E-state index contributed by atoms with van der Waals surface area (Å²) in [7, 11) is 0. The summed E-state index contributed by atoms with van der Waals surface area (Å²) in [6, 6.07) is 15.7. The van der Waals surface area contributed by atoms with E-state index >= 15 is 0 Å². The summed E-state index contributed by atoms with van der Waals surface area (Å²) < 4.78 is 7.72. The standard InChI is InChI=1S/C26H26N6O/c1-2-4-16(5-3-1)23-9-6-17(12-27-23)21-13-29-32-25-22(14-33-15-28-25)24(31-26(21)32)18-10-19-7-8-20(11-18)30-19/h1-6,9,12-13,18-20,28,30H,7-8,10-11,14-15H2. The maximum atomic E-state index is 5.77. The Kier molecular flexibility index (Phi) is 4.45. The van der Waals surface area contributed by atoms with Crippen molar-refractivity contribution in [2.75, 3.05) is 12.0 Å². The molecule has 3 aromatic heterocycles. The number of fused-ring (bicyclic) bond motifs is 5. The van der Waals surface area contributed by atoms with Gasteiger partial charge in [-0.05, 0) is 31.7 Å². The van der Waals surface area contributed by atoms with E-state index in [1.54, 1.807) is 0 Å². The topological polar surface area (TPSA) is 76.4 Å². The molecule has 2 atom stereocenters. The Morgan fingerprint density at radius 3 is 2.58 bits per heavy atom. The van der Waals surface area contributed by atoms with Gasteiger partial charge in [0, 0.05) is 46.5 Å². The number of ether oxygens (including phenoxy) is 1. The minimum Gasteiger partial charge on any atom is -0.356 e. The van der Waals surface area contributed by atoms with Crippen LogP contribution in [0.5, 0.6) is 0 Å². The second-order valence-electron chi connectivity index (χ2n) is 9.39. The SMILES string of the molecule is c1ccc(-c2ccc(-c3cnn4c5c(c(C6CC7CCC(C6)N7)nc34)COCN5)cn2)cc1. The van der Waals surface area contributed by atoms with Gasteiger partial charge in [-0.15, -0.1) is 0 Å². The van der Waals surface area contributed by atoms with Crippen molar-refractivity contribution in [3.63, 3.8) is 0 Å². The average molecular weight is 439 g/mol. The summed E-state index contributed by atoms with van der Waals surface area (Å²) in [5, 5.41) is 11.9. The molecular formula is C26H26N6O. The van der Waals surface area contributed by atoms with E-state index in [4.69, 9.17) is 19.8 Å². The van der Waals surface area contributed by atoms with E-state index in [9.17, 15) is 0 Å². The lowest BCUT2D eigenvalue weighted by Crippen LogP contribution is -2.38. The van der Waals surface area contributed by atoms with Gasteiger partial charge in [0.15, 0.2) is 5.65 Å². The van der Waals surface area contributed by atoms with Crippen LogP contribution in [0, 0.1) is 0 Å². The molecule has 2 saturated heterocycles. The molecule has 6 heterocycles. The molecule has 2 fully saturated rings. The maximum Gasteiger partial charge on any atom is 0.165 e. The molecule has 33 heavy (non-hydrogen) atoms. The van der Waals surface area contributed by atoms with Gasteiger partial charge in [-0.3, -0.25) is 4.98 Å². The average Bonchev–Trinajstić information content (AvgIpc) is 3.46. The first-order valence-electron chi connectivity index (χ1n) is 11.8. The van der Waals surface area contributed by atoms with Gasteiger partial charge in [0.2, 0.25) is 0 Å². The van der Waals surface area contributed by atoms with Crippen molar-refractivity contribution < 1.29 is 4.74 Å². The Bertz CT molecular complexity index is 1300. The van der Waals surface area contributed by atoms with Crippen molar-refractivity contribution >= 4 is 11.5 Å². The summed E-state index contributed by atoms with van der Waals surface area (Å²) in [4.78, 5) is 9.98. The van der Waals surface area contributed by atoms with Gasteiger partial charge in [0.05, 0.1) is 24.2 Å². The van der Waals surface area contributed by atoms with Crippen LogP contribution in [0.15, 0.2) is 54.9 Å². The molecule has 0 spiro atoms. The van der Waals surface area contributed by atoms with Crippen LogP contribution in [-0.4, -0.2) is 38.4 Å². The molecule has 7 nitrogen and oxygen atoms in total. The fourth-order valence-electron chi connectivity index (χ4n) is 5.79. The van der Waals surface area contributed by atoms with Crippen molar-refractivity contribution in [3.8, 4) is 22.4 Å². The summed E-state index contributed by atoms with van der Waals surface area (Å²) in [6.07, 6.45) is 8.68. The van der Waals surface area contributed by atoms with Gasteiger partial charge >= 0.3 is 0 Å². The molecule has 2 bridgehead atoms. The van der Waals surface area contributed by atoms with Crippen molar-refractivity contribution in [1.82, 2.24) is 24.9 Å². The van der Waals surface area contributed by atoms with E-state index in [1.807, 2.05) is 35.1 Å².